The van der Waals surface area contributed by atoms with Gasteiger partial charge in [0.2, 0.25) is 0 Å². The lowest BCUT2D eigenvalue weighted by atomic mass is 9.96. The van der Waals surface area contributed by atoms with Gasteiger partial charge >= 0.3 is 0 Å². The van der Waals surface area contributed by atoms with Gasteiger partial charge in [0.15, 0.2) is 11.7 Å². The van der Waals surface area contributed by atoms with E-state index in [9.17, 15) is 4.79 Å². The lowest BCUT2D eigenvalue weighted by Gasteiger charge is -2.37. The number of ketones is 1. The molecule has 0 aromatic carbocycles. The van der Waals surface area contributed by atoms with Crippen LogP contribution in [0.3, 0.4) is 0 Å². The minimum Gasteiger partial charge on any atom is -0.476 e. The Kier molecular flexibility index (Phi) is 3.77. The first-order valence-corrected chi connectivity index (χ1v) is 5.62. The van der Waals surface area contributed by atoms with E-state index < -0.39 is 0 Å². The predicted octanol–water partition coefficient (Wildman–Crippen LogP) is 2.37. The van der Waals surface area contributed by atoms with Gasteiger partial charge in [0, 0.05) is 24.5 Å². The summed E-state index contributed by atoms with van der Waals surface area (Å²) in [5.74, 6) is 0.752. The lowest BCUT2D eigenvalue weighted by molar-refractivity contribution is -0.115. The first-order chi connectivity index (χ1) is 6.93. The third-order valence-electron chi connectivity index (χ3n) is 2.38. The van der Waals surface area contributed by atoms with Crippen LogP contribution in [0.25, 0.3) is 0 Å². The number of allylic oxidation sites excluding steroid dienone is 1. The molecule has 86 valence electrons. The van der Waals surface area contributed by atoms with Gasteiger partial charge in [0.25, 0.3) is 0 Å². The van der Waals surface area contributed by atoms with Crippen molar-refractivity contribution in [2.75, 3.05) is 0 Å². The molecule has 3 nitrogen and oxygen atoms in total. The summed E-state index contributed by atoms with van der Waals surface area (Å²) in [5.41, 5.74) is 0.00992. The molecule has 0 aromatic heterocycles. The second-order valence-corrected chi connectivity index (χ2v) is 4.87. The molecule has 0 amide bonds. The van der Waals surface area contributed by atoms with Gasteiger partial charge in [-0.05, 0) is 27.2 Å². The van der Waals surface area contributed by atoms with Crippen LogP contribution in [0.4, 0.5) is 0 Å². The Morgan fingerprint density at radius 2 is 2.33 bits per heavy atom. The second kappa shape index (κ2) is 4.69. The van der Waals surface area contributed by atoms with Crippen molar-refractivity contribution in [2.45, 2.75) is 58.6 Å². The molecule has 3 heteroatoms. The first kappa shape index (κ1) is 12.1. The van der Waals surface area contributed by atoms with Crippen LogP contribution in [0.15, 0.2) is 12.0 Å². The van der Waals surface area contributed by atoms with Crippen LogP contribution in [0.2, 0.25) is 0 Å². The largest absolute Gasteiger partial charge is 0.476 e. The molecule has 0 bridgehead atoms. The summed E-state index contributed by atoms with van der Waals surface area (Å²) in [6.45, 7) is 8.26. The zero-order valence-corrected chi connectivity index (χ0v) is 10.1. The molecule has 1 saturated heterocycles. The highest BCUT2D eigenvalue weighted by molar-refractivity contribution is 5.89. The molecule has 15 heavy (non-hydrogen) atoms. The molecular weight excluding hydrogens is 190 g/mol. The third kappa shape index (κ3) is 3.94. The summed E-state index contributed by atoms with van der Waals surface area (Å²) in [5, 5.41) is 3.23. The molecule has 0 aliphatic carbocycles. The fourth-order valence-electron chi connectivity index (χ4n) is 1.93. The van der Waals surface area contributed by atoms with Crippen LogP contribution in [0.1, 0.15) is 47.0 Å². The van der Waals surface area contributed by atoms with Crippen molar-refractivity contribution in [1.29, 1.82) is 0 Å². The van der Waals surface area contributed by atoms with E-state index in [4.69, 9.17) is 4.74 Å². The fraction of sp³-hybridized carbons (Fsp3) is 0.750. The van der Waals surface area contributed by atoms with Gasteiger partial charge in [-0.25, -0.2) is 0 Å². The monoisotopic (exact) mass is 211 g/mol. The molecule has 1 unspecified atom stereocenters. The topological polar surface area (TPSA) is 38.3 Å². The smallest absolute Gasteiger partial charge is 0.190 e. The minimum absolute atomic E-state index is 0.00992. The normalized spacial score (nSPS) is 26.9. The molecule has 0 spiro atoms. The summed E-state index contributed by atoms with van der Waals surface area (Å²) in [6.07, 6.45) is 4.17. The van der Waals surface area contributed by atoms with E-state index in [1.165, 1.54) is 0 Å². The number of carbonyl (C=O) groups excluding carboxylic acids is 1. The summed E-state index contributed by atoms with van der Waals surface area (Å²) in [6, 6.07) is 0. The summed E-state index contributed by atoms with van der Waals surface area (Å²) in [4.78, 5) is 11.4. The van der Waals surface area contributed by atoms with E-state index in [2.05, 4.69) is 19.2 Å². The Morgan fingerprint density at radius 1 is 1.67 bits per heavy atom. The number of carbonyl (C=O) groups is 1. The molecule has 1 atom stereocenters. The van der Waals surface area contributed by atoms with Crippen molar-refractivity contribution in [3.05, 3.63) is 12.0 Å². The molecule has 1 N–H and O–H groups in total. The van der Waals surface area contributed by atoms with Crippen molar-refractivity contribution >= 4 is 5.78 Å². The van der Waals surface area contributed by atoms with Gasteiger partial charge in [-0.15, -0.1) is 0 Å². The molecular formula is C12H21NO2. The van der Waals surface area contributed by atoms with Crippen molar-refractivity contribution < 1.29 is 9.53 Å². The molecule has 1 fully saturated rings. The van der Waals surface area contributed by atoms with Gasteiger partial charge in [-0.2, -0.15) is 0 Å². The number of hydrogen-bond donors (Lipinski definition) is 1. The minimum atomic E-state index is 0.00992. The molecule has 1 heterocycles. The SMILES string of the molecule is CCCC(=O)/C=C1/NC(C)(C)CC(C)O1. The van der Waals surface area contributed by atoms with Gasteiger partial charge in [-0.1, -0.05) is 6.92 Å². The Morgan fingerprint density at radius 3 is 2.87 bits per heavy atom. The molecule has 1 rings (SSSR count). The fourth-order valence-corrected chi connectivity index (χ4v) is 1.93. The molecule has 1 aliphatic rings. The number of hydrogen-bond acceptors (Lipinski definition) is 3. The third-order valence-corrected chi connectivity index (χ3v) is 2.38. The van der Waals surface area contributed by atoms with E-state index in [0.29, 0.717) is 12.3 Å². The average molecular weight is 211 g/mol. The average Bonchev–Trinajstić information content (AvgIpc) is 1.99. The summed E-state index contributed by atoms with van der Waals surface area (Å²) >= 11 is 0. The lowest BCUT2D eigenvalue weighted by Crippen LogP contribution is -2.47. The Labute approximate surface area is 91.9 Å². The number of rotatable bonds is 3. The molecule has 1 aliphatic heterocycles. The molecule has 0 saturated carbocycles. The van der Waals surface area contributed by atoms with Crippen molar-refractivity contribution in [1.82, 2.24) is 5.32 Å². The van der Waals surface area contributed by atoms with E-state index >= 15 is 0 Å². The molecule has 0 aromatic rings. The van der Waals surface area contributed by atoms with Crippen LogP contribution in [0.5, 0.6) is 0 Å². The maximum Gasteiger partial charge on any atom is 0.190 e. The maximum atomic E-state index is 11.4. The highest BCUT2D eigenvalue weighted by Crippen LogP contribution is 2.22. The molecule has 0 radical (unpaired) electrons. The zero-order valence-electron chi connectivity index (χ0n) is 10.1. The number of nitrogens with one attached hydrogen (secondary N) is 1. The highest BCUT2D eigenvalue weighted by atomic mass is 16.5. The van der Waals surface area contributed by atoms with Crippen molar-refractivity contribution in [2.24, 2.45) is 0 Å². The zero-order chi connectivity index (χ0) is 11.5. The van der Waals surface area contributed by atoms with Crippen molar-refractivity contribution in [3.63, 3.8) is 0 Å². The quantitative estimate of drug-likeness (QED) is 0.728. The second-order valence-electron chi connectivity index (χ2n) is 4.87. The highest BCUT2D eigenvalue weighted by Gasteiger charge is 2.28. The van der Waals surface area contributed by atoms with Crippen LogP contribution in [-0.2, 0) is 9.53 Å². The van der Waals surface area contributed by atoms with E-state index in [-0.39, 0.29) is 17.4 Å². The van der Waals surface area contributed by atoms with Crippen LogP contribution >= 0.6 is 0 Å². The van der Waals surface area contributed by atoms with E-state index in [0.717, 1.165) is 12.8 Å². The van der Waals surface area contributed by atoms with Gasteiger partial charge in [0.05, 0.1) is 6.10 Å². The van der Waals surface area contributed by atoms with Gasteiger partial charge in [-0.3, -0.25) is 4.79 Å². The van der Waals surface area contributed by atoms with E-state index in [1.807, 2.05) is 13.8 Å². The van der Waals surface area contributed by atoms with Gasteiger partial charge in [0.1, 0.15) is 0 Å². The Hall–Kier alpha value is -0.990. The summed E-state index contributed by atoms with van der Waals surface area (Å²) < 4.78 is 5.57. The summed E-state index contributed by atoms with van der Waals surface area (Å²) in [7, 11) is 0. The van der Waals surface area contributed by atoms with Crippen molar-refractivity contribution in [3.8, 4) is 0 Å². The first-order valence-electron chi connectivity index (χ1n) is 5.62. The maximum absolute atomic E-state index is 11.4. The Balaban J connectivity index is 2.65. The Bertz CT molecular complexity index is 269. The standard InChI is InChI=1S/C12H21NO2/c1-5-6-10(14)7-11-13-12(3,4)8-9(2)15-11/h7,9,13H,5-6,8H2,1-4H3/b11-7-. The predicted molar refractivity (Wildman–Crippen MR) is 60.4 cm³/mol. The number of ether oxygens (including phenoxy) is 1. The van der Waals surface area contributed by atoms with Crippen LogP contribution in [0, 0.1) is 0 Å². The van der Waals surface area contributed by atoms with Crippen LogP contribution < -0.4 is 5.32 Å². The van der Waals surface area contributed by atoms with Gasteiger partial charge < -0.3 is 10.1 Å². The van der Waals surface area contributed by atoms with E-state index in [1.54, 1.807) is 6.08 Å². The van der Waals surface area contributed by atoms with Crippen LogP contribution in [-0.4, -0.2) is 17.4 Å².